The predicted molar refractivity (Wildman–Crippen MR) is 110 cm³/mol. The number of fused-ring (bicyclic) bond motifs is 1. The maximum atomic E-state index is 12.2. The van der Waals surface area contributed by atoms with Crippen molar-refractivity contribution in [3.63, 3.8) is 0 Å². The van der Waals surface area contributed by atoms with Crippen molar-refractivity contribution in [2.45, 2.75) is 18.6 Å². The molecule has 28 heavy (non-hydrogen) atoms. The fourth-order valence-corrected chi connectivity index (χ4v) is 3.71. The second kappa shape index (κ2) is 8.18. The van der Waals surface area contributed by atoms with Gasteiger partial charge in [0.25, 0.3) is 0 Å². The molecule has 1 N–H and O–H groups in total. The molecule has 3 aromatic heterocycles. The number of pyridine rings is 2. The highest BCUT2D eigenvalue weighted by Gasteiger charge is 2.17. The van der Waals surface area contributed by atoms with E-state index in [-0.39, 0.29) is 11.7 Å². The highest BCUT2D eigenvalue weighted by Crippen LogP contribution is 2.28. The first-order valence-corrected chi connectivity index (χ1v) is 9.84. The van der Waals surface area contributed by atoms with Gasteiger partial charge in [0.1, 0.15) is 0 Å². The molecule has 8 heteroatoms. The lowest BCUT2D eigenvalue weighted by Gasteiger charge is -2.09. The predicted octanol–water partition coefficient (Wildman–Crippen LogP) is 3.64. The van der Waals surface area contributed by atoms with Crippen molar-refractivity contribution in [1.82, 2.24) is 24.7 Å². The van der Waals surface area contributed by atoms with Crippen molar-refractivity contribution in [3.8, 4) is 11.4 Å². The van der Waals surface area contributed by atoms with Crippen molar-refractivity contribution in [3.05, 3.63) is 61.2 Å². The van der Waals surface area contributed by atoms with Crippen LogP contribution >= 0.6 is 11.8 Å². The van der Waals surface area contributed by atoms with E-state index in [1.165, 1.54) is 11.8 Å². The van der Waals surface area contributed by atoms with Gasteiger partial charge < -0.3 is 9.88 Å². The molecule has 0 unspecified atom stereocenters. The molecule has 0 radical (unpaired) electrons. The Hall–Kier alpha value is -3.26. The Morgan fingerprint density at radius 1 is 1.07 bits per heavy atom. The Kier molecular flexibility index (Phi) is 5.29. The third kappa shape index (κ3) is 3.72. The number of hydrogen-bond donors (Lipinski definition) is 1. The number of carbonyl (C=O) groups excluding carboxylic acids is 1. The molecule has 0 fully saturated rings. The summed E-state index contributed by atoms with van der Waals surface area (Å²) in [5, 5.41) is 14.2. The monoisotopic (exact) mass is 390 g/mol. The molecule has 0 spiro atoms. The van der Waals surface area contributed by atoms with E-state index in [1.807, 2.05) is 47.9 Å². The number of benzene rings is 1. The summed E-state index contributed by atoms with van der Waals surface area (Å²) in [6.45, 7) is 2.71. The van der Waals surface area contributed by atoms with Crippen LogP contribution in [0.5, 0.6) is 0 Å². The van der Waals surface area contributed by atoms with E-state index in [9.17, 15) is 4.79 Å². The van der Waals surface area contributed by atoms with Crippen molar-refractivity contribution in [1.29, 1.82) is 0 Å². The van der Waals surface area contributed by atoms with Gasteiger partial charge in [-0.25, -0.2) is 0 Å². The number of thioether (sulfide) groups is 1. The number of nitrogens with zero attached hydrogens (tertiary/aromatic N) is 5. The third-order valence-corrected chi connectivity index (χ3v) is 5.19. The van der Waals surface area contributed by atoms with E-state index >= 15 is 0 Å². The lowest BCUT2D eigenvalue weighted by molar-refractivity contribution is -0.113. The number of nitrogens with one attached hydrogen (secondary N) is 1. The van der Waals surface area contributed by atoms with Gasteiger partial charge in [0.2, 0.25) is 5.91 Å². The van der Waals surface area contributed by atoms with Crippen LogP contribution in [0.15, 0.2) is 66.3 Å². The first kappa shape index (κ1) is 18.1. The number of para-hydroxylation sites is 1. The summed E-state index contributed by atoms with van der Waals surface area (Å²) in [6.07, 6.45) is 7.12. The van der Waals surface area contributed by atoms with Crippen LogP contribution in [-0.2, 0) is 11.3 Å². The van der Waals surface area contributed by atoms with Gasteiger partial charge in [-0.15, -0.1) is 10.2 Å². The molecule has 3 heterocycles. The quantitative estimate of drug-likeness (QED) is 0.506. The molecule has 0 atom stereocenters. The zero-order chi connectivity index (χ0) is 19.3. The Morgan fingerprint density at radius 2 is 1.93 bits per heavy atom. The number of amides is 1. The van der Waals surface area contributed by atoms with Crippen LogP contribution in [0.3, 0.4) is 0 Å². The van der Waals surface area contributed by atoms with Gasteiger partial charge in [0.05, 0.1) is 5.75 Å². The van der Waals surface area contributed by atoms with Gasteiger partial charge in [0.15, 0.2) is 11.0 Å². The zero-order valence-electron chi connectivity index (χ0n) is 15.2. The van der Waals surface area contributed by atoms with Crippen LogP contribution in [0, 0.1) is 0 Å². The first-order chi connectivity index (χ1) is 13.8. The minimum absolute atomic E-state index is 0.0839. The molecule has 0 saturated heterocycles. The first-order valence-electron chi connectivity index (χ1n) is 8.85. The Morgan fingerprint density at radius 3 is 2.75 bits per heavy atom. The standard InChI is InChI=1S/C20H18N6OS/c1-2-26-19(17-12-22-10-14-8-9-21-11-16(14)17)24-25-20(26)28-13-18(27)23-15-6-4-3-5-7-15/h3-12H,2,13H2,1H3,(H,23,27). The summed E-state index contributed by atoms with van der Waals surface area (Å²) in [5.74, 6) is 0.890. The van der Waals surface area contributed by atoms with E-state index < -0.39 is 0 Å². The maximum Gasteiger partial charge on any atom is 0.234 e. The Balaban J connectivity index is 1.55. The fourth-order valence-electron chi connectivity index (χ4n) is 2.91. The highest BCUT2D eigenvalue weighted by molar-refractivity contribution is 7.99. The lowest BCUT2D eigenvalue weighted by atomic mass is 10.1. The highest BCUT2D eigenvalue weighted by atomic mass is 32.2. The van der Waals surface area contributed by atoms with Crippen molar-refractivity contribution < 1.29 is 4.79 Å². The second-order valence-corrected chi connectivity index (χ2v) is 6.98. The van der Waals surface area contributed by atoms with E-state index in [1.54, 1.807) is 24.8 Å². The molecule has 140 valence electrons. The van der Waals surface area contributed by atoms with Crippen LogP contribution in [0.25, 0.3) is 22.2 Å². The van der Waals surface area contributed by atoms with E-state index in [4.69, 9.17) is 0 Å². The summed E-state index contributed by atoms with van der Waals surface area (Å²) >= 11 is 1.36. The Bertz CT molecular complexity index is 1110. The smallest absolute Gasteiger partial charge is 0.234 e. The van der Waals surface area contributed by atoms with E-state index in [0.717, 1.165) is 27.8 Å². The number of carbonyl (C=O) groups is 1. The number of rotatable bonds is 6. The molecule has 4 rings (SSSR count). The molecular formula is C20H18N6OS. The minimum atomic E-state index is -0.0839. The van der Waals surface area contributed by atoms with Crippen LogP contribution in [-0.4, -0.2) is 36.4 Å². The molecular weight excluding hydrogens is 372 g/mol. The molecule has 0 aliphatic rings. The molecule has 0 saturated carbocycles. The second-order valence-electron chi connectivity index (χ2n) is 6.04. The van der Waals surface area contributed by atoms with Crippen molar-refractivity contribution >= 4 is 34.1 Å². The van der Waals surface area contributed by atoms with Crippen LogP contribution in [0.2, 0.25) is 0 Å². The number of hydrogen-bond acceptors (Lipinski definition) is 6. The molecule has 1 aromatic carbocycles. The number of aromatic nitrogens is 5. The van der Waals surface area contributed by atoms with Crippen LogP contribution in [0.4, 0.5) is 5.69 Å². The van der Waals surface area contributed by atoms with Gasteiger partial charge in [-0.3, -0.25) is 14.8 Å². The molecule has 4 aromatic rings. The van der Waals surface area contributed by atoms with E-state index in [0.29, 0.717) is 11.7 Å². The summed E-state index contributed by atoms with van der Waals surface area (Å²) in [6, 6.07) is 11.3. The summed E-state index contributed by atoms with van der Waals surface area (Å²) in [4.78, 5) is 20.8. The SMILES string of the molecule is CCn1c(SCC(=O)Nc2ccccc2)nnc1-c1cncc2ccncc12. The third-order valence-electron chi connectivity index (χ3n) is 4.23. The van der Waals surface area contributed by atoms with Gasteiger partial charge in [-0.05, 0) is 25.1 Å². The normalized spacial score (nSPS) is 10.9. The van der Waals surface area contributed by atoms with Gasteiger partial charge in [0, 0.05) is 53.4 Å². The zero-order valence-corrected chi connectivity index (χ0v) is 16.1. The summed E-state index contributed by atoms with van der Waals surface area (Å²) in [5.41, 5.74) is 1.65. The molecule has 0 aliphatic carbocycles. The van der Waals surface area contributed by atoms with Crippen molar-refractivity contribution in [2.24, 2.45) is 0 Å². The summed E-state index contributed by atoms with van der Waals surface area (Å²) in [7, 11) is 0. The maximum absolute atomic E-state index is 12.2. The lowest BCUT2D eigenvalue weighted by Crippen LogP contribution is -2.14. The average Bonchev–Trinajstić information content (AvgIpc) is 3.15. The van der Waals surface area contributed by atoms with Gasteiger partial charge in [-0.1, -0.05) is 30.0 Å². The van der Waals surface area contributed by atoms with Crippen LogP contribution in [0.1, 0.15) is 6.92 Å². The molecule has 1 amide bonds. The minimum Gasteiger partial charge on any atom is -0.325 e. The fraction of sp³-hybridized carbons (Fsp3) is 0.150. The van der Waals surface area contributed by atoms with Gasteiger partial charge >= 0.3 is 0 Å². The molecule has 0 aliphatic heterocycles. The van der Waals surface area contributed by atoms with Crippen molar-refractivity contribution in [2.75, 3.05) is 11.1 Å². The van der Waals surface area contributed by atoms with Gasteiger partial charge in [-0.2, -0.15) is 0 Å². The Labute approximate surface area is 166 Å². The number of anilines is 1. The topological polar surface area (TPSA) is 85.6 Å². The van der Waals surface area contributed by atoms with E-state index in [2.05, 4.69) is 25.5 Å². The van der Waals surface area contributed by atoms with Crippen LogP contribution < -0.4 is 5.32 Å². The summed E-state index contributed by atoms with van der Waals surface area (Å²) < 4.78 is 1.99. The molecule has 7 nitrogen and oxygen atoms in total. The molecule has 0 bridgehead atoms. The average molecular weight is 390 g/mol. The largest absolute Gasteiger partial charge is 0.325 e.